The van der Waals surface area contributed by atoms with Crippen molar-refractivity contribution in [2.24, 2.45) is 0 Å². The van der Waals surface area contributed by atoms with E-state index in [1.807, 2.05) is 25.3 Å². The van der Waals surface area contributed by atoms with Crippen molar-refractivity contribution in [1.82, 2.24) is 19.4 Å². The Morgan fingerprint density at radius 2 is 1.85 bits per heavy atom. The lowest BCUT2D eigenvalue weighted by atomic mass is 10.1. The van der Waals surface area contributed by atoms with Crippen LogP contribution in [0.2, 0.25) is 5.02 Å². The van der Waals surface area contributed by atoms with Crippen LogP contribution in [0.3, 0.4) is 0 Å². The predicted molar refractivity (Wildman–Crippen MR) is 130 cm³/mol. The monoisotopic (exact) mass is 489 g/mol. The van der Waals surface area contributed by atoms with E-state index >= 15 is 0 Å². The molecule has 0 bridgehead atoms. The molecule has 1 aromatic carbocycles. The summed E-state index contributed by atoms with van der Waals surface area (Å²) in [5.41, 5.74) is 4.05. The van der Waals surface area contributed by atoms with E-state index in [0.29, 0.717) is 39.4 Å². The van der Waals surface area contributed by atoms with E-state index < -0.39 is 9.84 Å². The molecule has 5 rings (SSSR count). The summed E-state index contributed by atoms with van der Waals surface area (Å²) in [4.78, 5) is 14.0. The first-order chi connectivity index (χ1) is 15.9. The zero-order chi connectivity index (χ0) is 23.0. The second-order valence-electron chi connectivity index (χ2n) is 8.70. The molecular formula is C23H28ClN5O3S. The second kappa shape index (κ2) is 9.21. The van der Waals surface area contributed by atoms with Crippen LogP contribution in [0.4, 0.5) is 5.82 Å². The van der Waals surface area contributed by atoms with Crippen molar-refractivity contribution in [2.45, 2.75) is 20.0 Å². The number of pyridine rings is 1. The summed E-state index contributed by atoms with van der Waals surface area (Å²) in [6, 6.07) is 8.08. The van der Waals surface area contributed by atoms with Crippen LogP contribution in [0.15, 0.2) is 30.5 Å². The van der Waals surface area contributed by atoms with Crippen molar-refractivity contribution < 1.29 is 13.2 Å². The molecule has 2 fully saturated rings. The van der Waals surface area contributed by atoms with Gasteiger partial charge in [0.05, 0.1) is 43.0 Å². The molecule has 2 aliphatic rings. The highest BCUT2D eigenvalue weighted by molar-refractivity contribution is 7.91. The Morgan fingerprint density at radius 1 is 1.09 bits per heavy atom. The predicted octanol–water partition coefficient (Wildman–Crippen LogP) is 2.51. The molecule has 2 saturated heterocycles. The molecular weight excluding hydrogens is 462 g/mol. The number of nitrogens with zero attached hydrogens (tertiary/aromatic N) is 5. The van der Waals surface area contributed by atoms with Crippen LogP contribution in [-0.4, -0.2) is 78.8 Å². The molecule has 33 heavy (non-hydrogen) atoms. The maximum atomic E-state index is 11.9. The Balaban J connectivity index is 1.53. The number of imidazole rings is 1. The molecule has 2 aliphatic heterocycles. The summed E-state index contributed by atoms with van der Waals surface area (Å²) in [6.07, 6.45) is 1.84. The molecule has 176 valence electrons. The lowest BCUT2D eigenvalue weighted by Gasteiger charge is -2.28. The van der Waals surface area contributed by atoms with Gasteiger partial charge < -0.3 is 14.2 Å². The van der Waals surface area contributed by atoms with Gasteiger partial charge in [0.1, 0.15) is 17.2 Å². The number of fused-ring (bicyclic) bond motifs is 1. The Labute approximate surface area is 199 Å². The van der Waals surface area contributed by atoms with Crippen LogP contribution in [0.1, 0.15) is 17.0 Å². The molecule has 10 heteroatoms. The fourth-order valence-electron chi connectivity index (χ4n) is 4.43. The van der Waals surface area contributed by atoms with Crippen LogP contribution in [0.5, 0.6) is 0 Å². The first kappa shape index (κ1) is 22.6. The van der Waals surface area contributed by atoms with E-state index in [0.717, 1.165) is 51.9 Å². The van der Waals surface area contributed by atoms with E-state index in [-0.39, 0.29) is 11.5 Å². The highest BCUT2D eigenvalue weighted by atomic mass is 35.5. The molecule has 0 unspecified atom stereocenters. The summed E-state index contributed by atoms with van der Waals surface area (Å²) in [5, 5.41) is 0.746. The van der Waals surface area contributed by atoms with Crippen molar-refractivity contribution in [1.29, 1.82) is 0 Å². The quantitative estimate of drug-likeness (QED) is 0.544. The van der Waals surface area contributed by atoms with Crippen LogP contribution >= 0.6 is 11.6 Å². The van der Waals surface area contributed by atoms with Gasteiger partial charge >= 0.3 is 0 Å². The largest absolute Gasteiger partial charge is 0.378 e. The van der Waals surface area contributed by atoms with Gasteiger partial charge in [0.25, 0.3) is 0 Å². The Kier molecular flexibility index (Phi) is 6.30. The third kappa shape index (κ3) is 4.87. The van der Waals surface area contributed by atoms with Crippen LogP contribution in [-0.2, 0) is 27.7 Å². The van der Waals surface area contributed by atoms with Gasteiger partial charge in [-0.15, -0.1) is 0 Å². The molecule has 4 heterocycles. The fraction of sp³-hybridized carbons (Fsp3) is 0.478. The summed E-state index contributed by atoms with van der Waals surface area (Å²) < 4.78 is 31.5. The fourth-order valence-corrected chi connectivity index (χ4v) is 5.90. The van der Waals surface area contributed by atoms with E-state index in [2.05, 4.69) is 31.5 Å². The molecule has 0 atom stereocenters. The highest BCUT2D eigenvalue weighted by Crippen LogP contribution is 2.26. The molecule has 0 amide bonds. The average molecular weight is 490 g/mol. The smallest absolute Gasteiger partial charge is 0.152 e. The number of benzene rings is 1. The van der Waals surface area contributed by atoms with Crippen molar-refractivity contribution in [3.05, 3.63) is 52.4 Å². The maximum absolute atomic E-state index is 11.9. The van der Waals surface area contributed by atoms with Gasteiger partial charge in [-0.1, -0.05) is 23.7 Å². The van der Waals surface area contributed by atoms with Gasteiger partial charge in [0, 0.05) is 43.8 Å². The standard InChI is InChI=1S/C23H28ClN5O3S/c1-17-18(3-2-4-19(17)24)15-29-21-13-22(28-5-9-32-10-6-28)25-14-20(21)26-23(29)16-27-7-11-33(30,31)12-8-27/h2-4,13-14H,5-12,15-16H2,1H3. The van der Waals surface area contributed by atoms with Gasteiger partial charge in [-0.25, -0.2) is 18.4 Å². The normalized spacial score (nSPS) is 19.3. The van der Waals surface area contributed by atoms with Crippen LogP contribution < -0.4 is 4.90 Å². The van der Waals surface area contributed by atoms with Gasteiger partial charge in [-0.2, -0.15) is 0 Å². The number of morpholine rings is 1. The Morgan fingerprint density at radius 3 is 2.61 bits per heavy atom. The lowest BCUT2D eigenvalue weighted by Crippen LogP contribution is -2.40. The number of anilines is 1. The van der Waals surface area contributed by atoms with Crippen LogP contribution in [0, 0.1) is 6.92 Å². The van der Waals surface area contributed by atoms with E-state index in [1.165, 1.54) is 0 Å². The summed E-state index contributed by atoms with van der Waals surface area (Å²) >= 11 is 6.40. The van der Waals surface area contributed by atoms with Crippen molar-refractivity contribution in [3.8, 4) is 0 Å². The zero-order valence-corrected chi connectivity index (χ0v) is 20.3. The lowest BCUT2D eigenvalue weighted by molar-refractivity contribution is 0.122. The van der Waals surface area contributed by atoms with Crippen molar-refractivity contribution in [3.63, 3.8) is 0 Å². The first-order valence-electron chi connectivity index (χ1n) is 11.2. The summed E-state index contributed by atoms with van der Waals surface area (Å²) in [6.45, 7) is 7.34. The number of hydrogen-bond donors (Lipinski definition) is 0. The van der Waals surface area contributed by atoms with Crippen molar-refractivity contribution in [2.75, 3.05) is 55.8 Å². The molecule has 0 aliphatic carbocycles. The van der Waals surface area contributed by atoms with E-state index in [9.17, 15) is 8.42 Å². The Bertz CT molecular complexity index is 1260. The minimum atomic E-state index is -2.93. The minimum absolute atomic E-state index is 0.198. The second-order valence-corrected chi connectivity index (χ2v) is 11.4. The highest BCUT2D eigenvalue weighted by Gasteiger charge is 2.24. The van der Waals surface area contributed by atoms with Gasteiger partial charge in [-0.05, 0) is 24.1 Å². The number of hydrogen-bond acceptors (Lipinski definition) is 7. The zero-order valence-electron chi connectivity index (χ0n) is 18.7. The molecule has 2 aromatic heterocycles. The third-order valence-electron chi connectivity index (χ3n) is 6.54. The maximum Gasteiger partial charge on any atom is 0.152 e. The summed E-state index contributed by atoms with van der Waals surface area (Å²) in [5.74, 6) is 2.22. The summed E-state index contributed by atoms with van der Waals surface area (Å²) in [7, 11) is -2.93. The SMILES string of the molecule is Cc1c(Cl)cccc1Cn1c(CN2CCS(=O)(=O)CC2)nc2cnc(N3CCOCC3)cc21. The van der Waals surface area contributed by atoms with Crippen molar-refractivity contribution >= 4 is 38.3 Å². The topological polar surface area (TPSA) is 80.6 Å². The third-order valence-corrected chi connectivity index (χ3v) is 8.56. The van der Waals surface area contributed by atoms with E-state index in [1.54, 1.807) is 0 Å². The molecule has 0 spiro atoms. The number of aromatic nitrogens is 3. The average Bonchev–Trinajstić information content (AvgIpc) is 3.15. The van der Waals surface area contributed by atoms with Gasteiger partial charge in [0.15, 0.2) is 9.84 Å². The van der Waals surface area contributed by atoms with E-state index in [4.69, 9.17) is 21.3 Å². The molecule has 0 saturated carbocycles. The molecule has 0 radical (unpaired) electrons. The van der Waals surface area contributed by atoms with Gasteiger partial charge in [-0.3, -0.25) is 4.90 Å². The number of halogens is 1. The van der Waals surface area contributed by atoms with Gasteiger partial charge in [0.2, 0.25) is 0 Å². The Hall–Kier alpha value is -2.20. The number of rotatable bonds is 5. The molecule has 0 N–H and O–H groups in total. The number of ether oxygens (including phenoxy) is 1. The molecule has 3 aromatic rings. The van der Waals surface area contributed by atoms with Crippen LogP contribution in [0.25, 0.3) is 11.0 Å². The minimum Gasteiger partial charge on any atom is -0.378 e. The first-order valence-corrected chi connectivity index (χ1v) is 13.4. The molecule has 8 nitrogen and oxygen atoms in total. The number of sulfone groups is 1.